The lowest BCUT2D eigenvalue weighted by atomic mass is 10.3. The largest absolute Gasteiger partial charge is 0.455 e. The molecule has 0 saturated carbocycles. The molecule has 0 aliphatic rings. The van der Waals surface area contributed by atoms with Crippen LogP contribution in [0.5, 0.6) is 5.88 Å². The number of hydrogen-bond acceptors (Lipinski definition) is 7. The molecular formula is C9H12N2O5S. The molecule has 0 aliphatic heterocycles. The van der Waals surface area contributed by atoms with Crippen molar-refractivity contribution in [1.82, 2.24) is 9.97 Å². The van der Waals surface area contributed by atoms with E-state index < -0.39 is 22.2 Å². The van der Waals surface area contributed by atoms with Crippen molar-refractivity contribution in [1.29, 1.82) is 0 Å². The van der Waals surface area contributed by atoms with Crippen LogP contribution in [0.15, 0.2) is 12.3 Å². The van der Waals surface area contributed by atoms with E-state index >= 15 is 0 Å². The first kappa shape index (κ1) is 13.4. The van der Waals surface area contributed by atoms with E-state index in [-0.39, 0.29) is 11.7 Å². The second kappa shape index (κ2) is 5.09. The number of carbonyl (C=O) groups is 1. The fraction of sp³-hybridized carbons (Fsp3) is 0.444. The van der Waals surface area contributed by atoms with Gasteiger partial charge in [-0.2, -0.15) is 13.4 Å². The quantitative estimate of drug-likeness (QED) is 0.572. The Bertz CT molecular complexity index is 514. The first-order chi connectivity index (χ1) is 7.78. The zero-order valence-corrected chi connectivity index (χ0v) is 10.4. The van der Waals surface area contributed by atoms with E-state index in [0.717, 1.165) is 6.26 Å². The molecule has 1 heterocycles. The minimum atomic E-state index is -3.64. The SMILES string of the molecule is CC(=O)O[C@H](C)c1nccc(OS(C)(=O)=O)n1. The lowest BCUT2D eigenvalue weighted by Gasteiger charge is -2.10. The summed E-state index contributed by atoms with van der Waals surface area (Å²) in [5.74, 6) is -0.423. The molecule has 0 fully saturated rings. The van der Waals surface area contributed by atoms with E-state index in [0.29, 0.717) is 0 Å². The average Bonchev–Trinajstić information content (AvgIpc) is 2.14. The van der Waals surface area contributed by atoms with Crippen LogP contribution < -0.4 is 4.18 Å². The van der Waals surface area contributed by atoms with Crippen LogP contribution in [0.1, 0.15) is 25.8 Å². The van der Waals surface area contributed by atoms with E-state index in [4.69, 9.17) is 4.74 Å². The van der Waals surface area contributed by atoms with Gasteiger partial charge in [-0.05, 0) is 6.92 Å². The van der Waals surface area contributed by atoms with Crippen molar-refractivity contribution in [2.75, 3.05) is 6.26 Å². The topological polar surface area (TPSA) is 95.5 Å². The zero-order valence-electron chi connectivity index (χ0n) is 9.58. The first-order valence-corrected chi connectivity index (χ1v) is 6.49. The lowest BCUT2D eigenvalue weighted by Crippen LogP contribution is -2.11. The van der Waals surface area contributed by atoms with E-state index in [2.05, 4.69) is 14.2 Å². The predicted octanol–water partition coefficient (Wildman–Crippen LogP) is 0.439. The van der Waals surface area contributed by atoms with Crippen molar-refractivity contribution in [2.45, 2.75) is 20.0 Å². The molecule has 8 heteroatoms. The number of rotatable bonds is 4. The number of esters is 1. The third-order valence-electron chi connectivity index (χ3n) is 1.59. The number of hydrogen-bond donors (Lipinski definition) is 0. The highest BCUT2D eigenvalue weighted by Crippen LogP contribution is 2.15. The second-order valence-electron chi connectivity index (χ2n) is 3.29. The number of aromatic nitrogens is 2. The Morgan fingerprint density at radius 2 is 2.12 bits per heavy atom. The minimum Gasteiger partial charge on any atom is -0.455 e. The van der Waals surface area contributed by atoms with Gasteiger partial charge in [0, 0.05) is 19.2 Å². The molecule has 1 atom stereocenters. The van der Waals surface area contributed by atoms with Crippen LogP contribution in [-0.2, 0) is 19.6 Å². The molecule has 17 heavy (non-hydrogen) atoms. The predicted molar refractivity (Wildman–Crippen MR) is 57.7 cm³/mol. The minimum absolute atomic E-state index is 0.114. The van der Waals surface area contributed by atoms with Crippen molar-refractivity contribution in [3.05, 3.63) is 18.1 Å². The van der Waals surface area contributed by atoms with Crippen LogP contribution in [0.25, 0.3) is 0 Å². The van der Waals surface area contributed by atoms with Crippen LogP contribution in [0.3, 0.4) is 0 Å². The highest BCUT2D eigenvalue weighted by atomic mass is 32.2. The number of nitrogens with zero attached hydrogens (tertiary/aromatic N) is 2. The van der Waals surface area contributed by atoms with E-state index in [9.17, 15) is 13.2 Å². The Morgan fingerprint density at radius 3 is 2.65 bits per heavy atom. The summed E-state index contributed by atoms with van der Waals surface area (Å²) in [6.07, 6.45) is 1.56. The number of ether oxygens (including phenoxy) is 1. The summed E-state index contributed by atoms with van der Waals surface area (Å²) >= 11 is 0. The molecule has 1 aromatic rings. The summed E-state index contributed by atoms with van der Waals surface area (Å²) in [7, 11) is -3.64. The van der Waals surface area contributed by atoms with Gasteiger partial charge in [0.25, 0.3) is 0 Å². The van der Waals surface area contributed by atoms with E-state index in [1.807, 2.05) is 0 Å². The van der Waals surface area contributed by atoms with Gasteiger partial charge in [0.2, 0.25) is 5.88 Å². The van der Waals surface area contributed by atoms with Crippen molar-refractivity contribution in [2.24, 2.45) is 0 Å². The van der Waals surface area contributed by atoms with Gasteiger partial charge in [0.1, 0.15) is 0 Å². The average molecular weight is 260 g/mol. The summed E-state index contributed by atoms with van der Waals surface area (Å²) in [6, 6.07) is 1.30. The fourth-order valence-corrected chi connectivity index (χ4v) is 1.46. The normalized spacial score (nSPS) is 12.9. The summed E-state index contributed by atoms with van der Waals surface area (Å²) in [5, 5.41) is 0. The van der Waals surface area contributed by atoms with Gasteiger partial charge in [-0.25, -0.2) is 4.98 Å². The van der Waals surface area contributed by atoms with E-state index in [1.54, 1.807) is 6.92 Å². The van der Waals surface area contributed by atoms with Crippen LogP contribution in [0.2, 0.25) is 0 Å². The zero-order chi connectivity index (χ0) is 13.1. The maximum Gasteiger partial charge on any atom is 0.307 e. The summed E-state index contributed by atoms with van der Waals surface area (Å²) in [4.78, 5) is 18.4. The maximum atomic E-state index is 10.9. The van der Waals surface area contributed by atoms with Crippen molar-refractivity contribution in [3.8, 4) is 5.88 Å². The van der Waals surface area contributed by atoms with Gasteiger partial charge in [-0.1, -0.05) is 0 Å². The van der Waals surface area contributed by atoms with Gasteiger partial charge in [0.15, 0.2) is 11.9 Å². The molecule has 0 radical (unpaired) electrons. The Labute approximate surface area is 98.9 Å². The standard InChI is InChI=1S/C9H12N2O5S/c1-6(15-7(2)12)9-10-5-4-8(11-9)16-17(3,13)14/h4-6H,1-3H3/t6-/m1/s1. The molecule has 0 N–H and O–H groups in total. The summed E-state index contributed by atoms with van der Waals surface area (Å²) < 4.78 is 31.2. The van der Waals surface area contributed by atoms with Crippen molar-refractivity contribution < 1.29 is 22.1 Å². The van der Waals surface area contributed by atoms with Crippen molar-refractivity contribution >= 4 is 16.1 Å². The Hall–Kier alpha value is -1.70. The highest BCUT2D eigenvalue weighted by molar-refractivity contribution is 7.86. The monoisotopic (exact) mass is 260 g/mol. The van der Waals surface area contributed by atoms with Crippen LogP contribution in [-0.4, -0.2) is 30.6 Å². The van der Waals surface area contributed by atoms with E-state index in [1.165, 1.54) is 19.2 Å². The highest BCUT2D eigenvalue weighted by Gasteiger charge is 2.14. The maximum absolute atomic E-state index is 10.9. The summed E-state index contributed by atoms with van der Waals surface area (Å²) in [6.45, 7) is 2.83. The van der Waals surface area contributed by atoms with Crippen LogP contribution in [0.4, 0.5) is 0 Å². The molecule has 0 saturated heterocycles. The number of carbonyl (C=O) groups excluding carboxylic acids is 1. The van der Waals surface area contributed by atoms with Crippen LogP contribution >= 0.6 is 0 Å². The third-order valence-corrected chi connectivity index (χ3v) is 2.07. The molecule has 7 nitrogen and oxygen atoms in total. The first-order valence-electron chi connectivity index (χ1n) is 4.67. The molecule has 0 unspecified atom stereocenters. The summed E-state index contributed by atoms with van der Waals surface area (Å²) in [5.41, 5.74) is 0. The molecule has 0 aliphatic carbocycles. The van der Waals surface area contributed by atoms with Crippen molar-refractivity contribution in [3.63, 3.8) is 0 Å². The van der Waals surface area contributed by atoms with Gasteiger partial charge in [0.05, 0.1) is 6.26 Å². The smallest absolute Gasteiger partial charge is 0.307 e. The molecule has 94 valence electrons. The Morgan fingerprint density at radius 1 is 1.47 bits per heavy atom. The van der Waals surface area contributed by atoms with Gasteiger partial charge in [-0.3, -0.25) is 4.79 Å². The molecular weight excluding hydrogens is 248 g/mol. The lowest BCUT2D eigenvalue weighted by molar-refractivity contribution is -0.146. The van der Waals surface area contributed by atoms with Crippen LogP contribution in [0, 0.1) is 0 Å². The third kappa shape index (κ3) is 4.77. The molecule has 0 amide bonds. The molecule has 0 spiro atoms. The van der Waals surface area contributed by atoms with Gasteiger partial charge >= 0.3 is 16.1 Å². The fourth-order valence-electron chi connectivity index (χ4n) is 1.06. The molecule has 0 bridgehead atoms. The van der Waals surface area contributed by atoms with Gasteiger partial charge < -0.3 is 8.92 Å². The Kier molecular flexibility index (Phi) is 4.00. The Balaban J connectivity index is 2.89. The molecule has 0 aromatic carbocycles. The second-order valence-corrected chi connectivity index (χ2v) is 4.87. The molecule has 1 rings (SSSR count). The molecule has 1 aromatic heterocycles. The van der Waals surface area contributed by atoms with Gasteiger partial charge in [-0.15, -0.1) is 0 Å².